The lowest BCUT2D eigenvalue weighted by molar-refractivity contribution is 0.102. The summed E-state index contributed by atoms with van der Waals surface area (Å²) in [7, 11) is 0. The molecule has 2 heterocycles. The van der Waals surface area contributed by atoms with Gasteiger partial charge in [0.2, 0.25) is 0 Å². The number of nitrogens with zero attached hydrogens (tertiary/aromatic N) is 3. The van der Waals surface area contributed by atoms with Crippen LogP contribution in [0.1, 0.15) is 50.2 Å². The van der Waals surface area contributed by atoms with Crippen LogP contribution in [0, 0.1) is 32.1 Å². The van der Waals surface area contributed by atoms with Crippen molar-refractivity contribution in [2.45, 2.75) is 31.8 Å². The summed E-state index contributed by atoms with van der Waals surface area (Å²) in [5.74, 6) is 0.00350. The molecule has 0 bridgehead atoms. The smallest absolute Gasteiger partial charge is 0.337 e. The molecule has 34 heavy (non-hydrogen) atoms. The highest BCUT2D eigenvalue weighted by atomic mass is 32.2. The number of carbonyl (C=O) groups is 1. The number of benzene rings is 2. The van der Waals surface area contributed by atoms with Gasteiger partial charge in [-0.3, -0.25) is 4.79 Å². The number of nitriles is 1. The Hall–Kier alpha value is -3.89. The summed E-state index contributed by atoms with van der Waals surface area (Å²) in [5, 5.41) is 9.70. The molecule has 0 saturated heterocycles. The van der Waals surface area contributed by atoms with Gasteiger partial charge in [0, 0.05) is 22.6 Å². The van der Waals surface area contributed by atoms with Crippen molar-refractivity contribution >= 4 is 17.5 Å². The summed E-state index contributed by atoms with van der Waals surface area (Å²) < 4.78 is 2.19. The van der Waals surface area contributed by atoms with Crippen molar-refractivity contribution < 1.29 is 4.79 Å². The fraction of sp³-hybridized carbons (Fsp3) is 0.185. The second-order valence-electron chi connectivity index (χ2n) is 8.05. The molecule has 4 aromatic rings. The van der Waals surface area contributed by atoms with Gasteiger partial charge in [0.1, 0.15) is 16.7 Å². The number of thioether (sulfide) groups is 1. The minimum atomic E-state index is -0.529. The van der Waals surface area contributed by atoms with E-state index in [1.54, 1.807) is 6.92 Å². The Balaban J connectivity index is 1.69. The lowest BCUT2D eigenvalue weighted by atomic mass is 9.98. The first-order valence-electron chi connectivity index (χ1n) is 10.9. The zero-order chi connectivity index (χ0) is 24.2. The predicted octanol–water partition coefficient (Wildman–Crippen LogP) is 4.98. The molecule has 0 aliphatic rings. The fourth-order valence-electron chi connectivity index (χ4n) is 4.23. The summed E-state index contributed by atoms with van der Waals surface area (Å²) >= 11 is 1.12. The van der Waals surface area contributed by atoms with Gasteiger partial charge in [-0.2, -0.15) is 10.2 Å². The number of aryl methyl sites for hydroxylation is 2. The normalized spacial score (nSPS) is 10.9. The van der Waals surface area contributed by atoms with Gasteiger partial charge in [-0.1, -0.05) is 72.4 Å². The topological polar surface area (TPSA) is 91.5 Å². The van der Waals surface area contributed by atoms with Crippen LogP contribution in [0.15, 0.2) is 76.6 Å². The lowest BCUT2D eigenvalue weighted by Crippen LogP contribution is -2.16. The van der Waals surface area contributed by atoms with E-state index in [4.69, 9.17) is 0 Å². The van der Waals surface area contributed by atoms with Crippen LogP contribution in [0.4, 0.5) is 0 Å². The number of H-pyrrole nitrogens is 1. The van der Waals surface area contributed by atoms with E-state index in [0.29, 0.717) is 11.3 Å². The highest BCUT2D eigenvalue weighted by Crippen LogP contribution is 2.32. The molecule has 7 heteroatoms. The Morgan fingerprint density at radius 1 is 1.06 bits per heavy atom. The zero-order valence-corrected chi connectivity index (χ0v) is 20.0. The molecule has 0 radical (unpaired) electrons. The van der Waals surface area contributed by atoms with Crippen molar-refractivity contribution in [3.8, 4) is 6.07 Å². The van der Waals surface area contributed by atoms with Gasteiger partial charge in [0.15, 0.2) is 5.78 Å². The van der Waals surface area contributed by atoms with Crippen LogP contribution >= 0.6 is 11.8 Å². The van der Waals surface area contributed by atoms with Gasteiger partial charge in [-0.15, -0.1) is 0 Å². The monoisotopic (exact) mass is 468 g/mol. The number of rotatable bonds is 7. The van der Waals surface area contributed by atoms with E-state index in [9.17, 15) is 14.9 Å². The van der Waals surface area contributed by atoms with Crippen molar-refractivity contribution in [1.29, 1.82) is 5.26 Å². The molecule has 0 saturated carbocycles. The predicted molar refractivity (Wildman–Crippen MR) is 133 cm³/mol. The number of aromatic nitrogens is 3. The van der Waals surface area contributed by atoms with Crippen LogP contribution in [0.5, 0.6) is 0 Å². The number of carbonyl (C=O) groups excluding carboxylic acids is 1. The zero-order valence-electron chi connectivity index (χ0n) is 19.2. The molecule has 170 valence electrons. The SMILES string of the molecule is Cc1[nH]c(=O)nc(SCC(=O)c2cc(C)n(C(c3ccccc3)c3ccccc3)c2C)c1C#N. The molecule has 0 aliphatic carbocycles. The van der Waals surface area contributed by atoms with Crippen LogP contribution in [0.2, 0.25) is 0 Å². The molecule has 0 fully saturated rings. The van der Waals surface area contributed by atoms with Gasteiger partial charge >= 0.3 is 5.69 Å². The summed E-state index contributed by atoms with van der Waals surface area (Å²) in [6, 6.07) is 24.4. The van der Waals surface area contributed by atoms with E-state index in [2.05, 4.69) is 44.9 Å². The first-order chi connectivity index (χ1) is 16.4. The first-order valence-corrected chi connectivity index (χ1v) is 11.8. The molecule has 0 aliphatic heterocycles. The average molecular weight is 469 g/mol. The number of ketones is 1. The third kappa shape index (κ3) is 4.59. The van der Waals surface area contributed by atoms with Crippen molar-refractivity contribution in [3.63, 3.8) is 0 Å². The average Bonchev–Trinajstić information content (AvgIpc) is 3.13. The van der Waals surface area contributed by atoms with Crippen LogP contribution in [-0.4, -0.2) is 26.1 Å². The molecular formula is C27H24N4O2S. The number of nitrogens with one attached hydrogen (secondary N) is 1. The molecule has 2 aromatic carbocycles. The Morgan fingerprint density at radius 2 is 1.65 bits per heavy atom. The van der Waals surface area contributed by atoms with E-state index in [0.717, 1.165) is 34.3 Å². The third-order valence-corrected chi connectivity index (χ3v) is 6.79. The highest BCUT2D eigenvalue weighted by Gasteiger charge is 2.24. The van der Waals surface area contributed by atoms with Gasteiger partial charge in [0.25, 0.3) is 0 Å². The lowest BCUT2D eigenvalue weighted by Gasteiger charge is -2.24. The summed E-state index contributed by atoms with van der Waals surface area (Å²) in [4.78, 5) is 31.4. The first kappa shape index (κ1) is 23.3. The third-order valence-electron chi connectivity index (χ3n) is 5.81. The quantitative estimate of drug-likeness (QED) is 0.235. The van der Waals surface area contributed by atoms with Gasteiger partial charge in [0.05, 0.1) is 11.8 Å². The van der Waals surface area contributed by atoms with Crippen molar-refractivity contribution in [1.82, 2.24) is 14.5 Å². The standard InChI is InChI=1S/C27H24N4O2S/c1-17-14-22(24(32)16-34-26-23(15-28)18(2)29-27(33)30-26)19(3)31(17)25(20-10-6-4-7-11-20)21-12-8-5-9-13-21/h4-14,25H,16H2,1-3H3,(H,29,30,33). The molecule has 0 unspecified atom stereocenters. The minimum Gasteiger partial charge on any atom is -0.337 e. The van der Waals surface area contributed by atoms with Crippen molar-refractivity contribution in [3.05, 3.63) is 117 Å². The molecule has 1 N–H and O–H groups in total. The Morgan fingerprint density at radius 3 is 2.21 bits per heavy atom. The maximum atomic E-state index is 13.2. The molecule has 6 nitrogen and oxygen atoms in total. The van der Waals surface area contributed by atoms with Gasteiger partial charge in [-0.05, 0) is 38.0 Å². The van der Waals surface area contributed by atoms with Crippen molar-refractivity contribution in [2.24, 2.45) is 0 Å². The summed E-state index contributed by atoms with van der Waals surface area (Å²) in [6.07, 6.45) is 0. The molecule has 0 atom stereocenters. The van der Waals surface area contributed by atoms with E-state index >= 15 is 0 Å². The van der Waals surface area contributed by atoms with Crippen LogP contribution in [0.25, 0.3) is 0 Å². The van der Waals surface area contributed by atoms with Crippen LogP contribution in [-0.2, 0) is 0 Å². The van der Waals surface area contributed by atoms with E-state index < -0.39 is 5.69 Å². The van der Waals surface area contributed by atoms with Crippen molar-refractivity contribution in [2.75, 3.05) is 5.75 Å². The van der Waals surface area contributed by atoms with E-state index in [-0.39, 0.29) is 28.2 Å². The fourth-order valence-corrected chi connectivity index (χ4v) is 5.14. The number of hydrogen-bond donors (Lipinski definition) is 1. The van der Waals surface area contributed by atoms with Gasteiger partial charge in [-0.25, -0.2) is 4.79 Å². The number of aromatic amines is 1. The Labute approximate surface area is 202 Å². The molecule has 2 aromatic heterocycles. The Bertz CT molecular complexity index is 1390. The maximum Gasteiger partial charge on any atom is 0.346 e. The van der Waals surface area contributed by atoms with E-state index in [1.807, 2.05) is 56.3 Å². The minimum absolute atomic E-state index is 0.0706. The molecule has 4 rings (SSSR count). The van der Waals surface area contributed by atoms with Crippen LogP contribution < -0.4 is 5.69 Å². The number of hydrogen-bond acceptors (Lipinski definition) is 5. The maximum absolute atomic E-state index is 13.2. The van der Waals surface area contributed by atoms with E-state index in [1.165, 1.54) is 0 Å². The largest absolute Gasteiger partial charge is 0.346 e. The Kier molecular flexibility index (Phi) is 6.80. The van der Waals surface area contributed by atoms with Crippen LogP contribution in [0.3, 0.4) is 0 Å². The molecular weight excluding hydrogens is 444 g/mol. The van der Waals surface area contributed by atoms with Gasteiger partial charge < -0.3 is 9.55 Å². The number of Topliss-reactive ketones (excluding diaryl/α,β-unsaturated/α-hetero) is 1. The second-order valence-corrected chi connectivity index (χ2v) is 9.01. The molecule has 0 amide bonds. The molecule has 0 spiro atoms. The summed E-state index contributed by atoms with van der Waals surface area (Å²) in [6.45, 7) is 5.61. The highest BCUT2D eigenvalue weighted by molar-refractivity contribution is 8.00. The summed E-state index contributed by atoms with van der Waals surface area (Å²) in [5.41, 5.74) is 4.94. The second kappa shape index (κ2) is 9.94.